The molecule has 1 rings (SSSR count). The standard InChI is InChI=1S/C8H7N3O2/c1-6-4-2-3-5-7(6)13-8(12)10-11-9/h2-5H,1H3. The number of hydrogen-bond acceptors (Lipinski definition) is 2. The summed E-state index contributed by atoms with van der Waals surface area (Å²) in [5.41, 5.74) is 8.75. The Kier molecular flexibility index (Phi) is 2.89. The third-order valence-corrected chi connectivity index (χ3v) is 1.42. The number of hydrogen-bond donors (Lipinski definition) is 0. The van der Waals surface area contributed by atoms with E-state index in [0.29, 0.717) is 5.75 Å². The molecular weight excluding hydrogens is 170 g/mol. The number of benzene rings is 1. The van der Waals surface area contributed by atoms with E-state index in [4.69, 9.17) is 10.3 Å². The van der Waals surface area contributed by atoms with Gasteiger partial charge in [-0.15, -0.1) is 0 Å². The third kappa shape index (κ3) is 2.50. The zero-order valence-corrected chi connectivity index (χ0v) is 6.97. The van der Waals surface area contributed by atoms with Crippen LogP contribution in [0.5, 0.6) is 5.75 Å². The number of nitrogens with zero attached hydrogens (tertiary/aromatic N) is 3. The van der Waals surface area contributed by atoms with E-state index in [9.17, 15) is 4.79 Å². The van der Waals surface area contributed by atoms with Crippen molar-refractivity contribution >= 4 is 6.09 Å². The lowest BCUT2D eigenvalue weighted by atomic mass is 10.2. The average Bonchev–Trinajstić information content (AvgIpc) is 2.09. The molecule has 0 fully saturated rings. The Morgan fingerprint density at radius 1 is 1.54 bits per heavy atom. The Balaban J connectivity index is 2.80. The van der Waals surface area contributed by atoms with Crippen molar-refractivity contribution in [3.8, 4) is 5.75 Å². The van der Waals surface area contributed by atoms with Gasteiger partial charge in [0.2, 0.25) is 0 Å². The summed E-state index contributed by atoms with van der Waals surface area (Å²) in [6, 6.07) is 6.96. The van der Waals surface area contributed by atoms with E-state index in [1.54, 1.807) is 25.1 Å². The van der Waals surface area contributed by atoms with Crippen LogP contribution in [0.15, 0.2) is 29.4 Å². The fraction of sp³-hybridized carbons (Fsp3) is 0.125. The van der Waals surface area contributed by atoms with Gasteiger partial charge in [0.05, 0.1) is 0 Å². The first-order chi connectivity index (χ1) is 6.24. The number of rotatable bonds is 1. The van der Waals surface area contributed by atoms with E-state index in [1.807, 2.05) is 6.07 Å². The molecule has 1 amide bonds. The molecule has 0 aliphatic heterocycles. The van der Waals surface area contributed by atoms with E-state index < -0.39 is 6.09 Å². The van der Waals surface area contributed by atoms with Crippen LogP contribution in [-0.4, -0.2) is 6.09 Å². The van der Waals surface area contributed by atoms with Crippen molar-refractivity contribution in [3.63, 3.8) is 0 Å². The van der Waals surface area contributed by atoms with Crippen molar-refractivity contribution in [2.24, 2.45) is 5.11 Å². The largest absolute Gasteiger partial charge is 0.421 e. The third-order valence-electron chi connectivity index (χ3n) is 1.42. The molecule has 13 heavy (non-hydrogen) atoms. The number of para-hydroxylation sites is 1. The second kappa shape index (κ2) is 4.13. The van der Waals surface area contributed by atoms with Gasteiger partial charge in [0.15, 0.2) is 0 Å². The van der Waals surface area contributed by atoms with E-state index in [0.717, 1.165) is 5.56 Å². The highest BCUT2D eigenvalue weighted by Crippen LogP contribution is 2.16. The van der Waals surface area contributed by atoms with E-state index in [1.165, 1.54) is 0 Å². The Labute approximate surface area is 74.6 Å². The minimum Gasteiger partial charge on any atom is -0.421 e. The molecule has 0 spiro atoms. The predicted octanol–water partition coefficient (Wildman–Crippen LogP) is 2.80. The van der Waals surface area contributed by atoms with Crippen LogP contribution in [0.2, 0.25) is 0 Å². The van der Waals surface area contributed by atoms with Gasteiger partial charge in [-0.3, -0.25) is 0 Å². The molecule has 0 aliphatic carbocycles. The van der Waals surface area contributed by atoms with Crippen LogP contribution in [0.4, 0.5) is 4.79 Å². The number of amides is 1. The molecule has 1 aromatic carbocycles. The molecular formula is C8H7N3O2. The topological polar surface area (TPSA) is 75.1 Å². The molecule has 0 N–H and O–H groups in total. The van der Waals surface area contributed by atoms with Crippen LogP contribution in [0.1, 0.15) is 5.56 Å². The zero-order chi connectivity index (χ0) is 9.68. The van der Waals surface area contributed by atoms with Gasteiger partial charge < -0.3 is 4.74 Å². The van der Waals surface area contributed by atoms with Gasteiger partial charge in [-0.2, -0.15) is 0 Å². The normalized spacial score (nSPS) is 8.69. The molecule has 5 nitrogen and oxygen atoms in total. The molecule has 0 radical (unpaired) electrons. The zero-order valence-electron chi connectivity index (χ0n) is 6.97. The molecule has 0 atom stereocenters. The van der Waals surface area contributed by atoms with Crippen molar-refractivity contribution in [1.29, 1.82) is 0 Å². The molecule has 0 aliphatic rings. The van der Waals surface area contributed by atoms with Gasteiger partial charge in [0, 0.05) is 10.0 Å². The second-order valence-electron chi connectivity index (χ2n) is 2.32. The van der Waals surface area contributed by atoms with E-state index >= 15 is 0 Å². The van der Waals surface area contributed by atoms with Crippen LogP contribution in [-0.2, 0) is 0 Å². The summed E-state index contributed by atoms with van der Waals surface area (Å²) in [6.07, 6.45) is -0.947. The molecule has 5 heteroatoms. The molecule has 0 unspecified atom stereocenters. The molecule has 1 aromatic rings. The first-order valence-corrected chi connectivity index (χ1v) is 3.56. The van der Waals surface area contributed by atoms with E-state index in [2.05, 4.69) is 10.0 Å². The average molecular weight is 177 g/mol. The van der Waals surface area contributed by atoms with Gasteiger partial charge in [-0.1, -0.05) is 18.2 Å². The molecule has 0 saturated heterocycles. The number of carbonyl (C=O) groups is 1. The van der Waals surface area contributed by atoms with Crippen LogP contribution < -0.4 is 4.74 Å². The Morgan fingerprint density at radius 3 is 2.85 bits per heavy atom. The Hall–Kier alpha value is -2.00. The summed E-state index contributed by atoms with van der Waals surface area (Å²) in [7, 11) is 0. The van der Waals surface area contributed by atoms with Crippen molar-refractivity contribution in [2.75, 3.05) is 0 Å². The van der Waals surface area contributed by atoms with E-state index in [-0.39, 0.29) is 0 Å². The first kappa shape index (κ1) is 9.09. The van der Waals surface area contributed by atoms with Crippen LogP contribution in [0.25, 0.3) is 10.4 Å². The quantitative estimate of drug-likeness (QED) is 0.375. The van der Waals surface area contributed by atoms with Crippen LogP contribution >= 0.6 is 0 Å². The highest BCUT2D eigenvalue weighted by Gasteiger charge is 2.02. The van der Waals surface area contributed by atoms with Crippen molar-refractivity contribution in [2.45, 2.75) is 6.92 Å². The Bertz CT molecular complexity index is 369. The summed E-state index contributed by atoms with van der Waals surface area (Å²) in [5.74, 6) is 0.403. The molecule has 66 valence electrons. The maximum absolute atomic E-state index is 10.7. The maximum atomic E-state index is 10.7. The van der Waals surface area contributed by atoms with Gasteiger partial charge in [0.1, 0.15) is 5.75 Å². The highest BCUT2D eigenvalue weighted by molar-refractivity contribution is 5.71. The number of ether oxygens (including phenoxy) is 1. The fourth-order valence-corrected chi connectivity index (χ4v) is 0.822. The lowest BCUT2D eigenvalue weighted by molar-refractivity contribution is 0.210. The highest BCUT2D eigenvalue weighted by atomic mass is 16.6. The monoisotopic (exact) mass is 177 g/mol. The van der Waals surface area contributed by atoms with Crippen molar-refractivity contribution in [3.05, 3.63) is 40.3 Å². The van der Waals surface area contributed by atoms with Gasteiger partial charge >= 0.3 is 6.09 Å². The number of carbonyl (C=O) groups excluding carboxylic acids is 1. The lowest BCUT2D eigenvalue weighted by Gasteiger charge is -2.02. The van der Waals surface area contributed by atoms with Crippen LogP contribution in [0, 0.1) is 6.92 Å². The first-order valence-electron chi connectivity index (χ1n) is 3.56. The minimum absolute atomic E-state index is 0.403. The summed E-state index contributed by atoms with van der Waals surface area (Å²) >= 11 is 0. The molecule has 0 aromatic heterocycles. The maximum Gasteiger partial charge on any atom is 0.402 e. The fourth-order valence-electron chi connectivity index (χ4n) is 0.822. The summed E-state index contributed by atoms with van der Waals surface area (Å²) in [4.78, 5) is 13.0. The lowest BCUT2D eigenvalue weighted by Crippen LogP contribution is -2.01. The smallest absolute Gasteiger partial charge is 0.402 e. The van der Waals surface area contributed by atoms with Gasteiger partial charge in [-0.25, -0.2) is 4.79 Å². The second-order valence-corrected chi connectivity index (χ2v) is 2.32. The molecule has 0 saturated carbocycles. The summed E-state index contributed by atoms with van der Waals surface area (Å²) in [5, 5.41) is 2.78. The number of aryl methyl sites for hydroxylation is 1. The SMILES string of the molecule is Cc1ccccc1OC(=O)N=[N+]=[N-]. The van der Waals surface area contributed by atoms with Crippen molar-refractivity contribution < 1.29 is 9.53 Å². The molecule has 0 bridgehead atoms. The Morgan fingerprint density at radius 2 is 2.23 bits per heavy atom. The minimum atomic E-state index is -0.947. The number of azide groups is 1. The molecule has 0 heterocycles. The van der Waals surface area contributed by atoms with Crippen LogP contribution in [0.3, 0.4) is 0 Å². The summed E-state index contributed by atoms with van der Waals surface area (Å²) in [6.45, 7) is 1.79. The predicted molar refractivity (Wildman–Crippen MR) is 46.3 cm³/mol. The van der Waals surface area contributed by atoms with Gasteiger partial charge in [0.25, 0.3) is 0 Å². The van der Waals surface area contributed by atoms with Gasteiger partial charge in [-0.05, 0) is 24.1 Å². The summed E-state index contributed by atoms with van der Waals surface area (Å²) < 4.78 is 4.73. The van der Waals surface area contributed by atoms with Crippen molar-refractivity contribution in [1.82, 2.24) is 0 Å².